The molecule has 1 aliphatic rings. The van der Waals surface area contributed by atoms with Gasteiger partial charge in [0.25, 0.3) is 11.5 Å². The quantitative estimate of drug-likeness (QED) is 0.511. The van der Waals surface area contributed by atoms with E-state index in [1.165, 1.54) is 22.8 Å². The molecular weight excluding hydrogens is 457 g/mol. The summed E-state index contributed by atoms with van der Waals surface area (Å²) in [6.45, 7) is 3.48. The summed E-state index contributed by atoms with van der Waals surface area (Å²) in [5.74, 6) is -0.0938. The summed E-state index contributed by atoms with van der Waals surface area (Å²) in [5, 5.41) is 2.83. The van der Waals surface area contributed by atoms with E-state index >= 15 is 0 Å². The van der Waals surface area contributed by atoms with E-state index in [1.54, 1.807) is 6.92 Å². The van der Waals surface area contributed by atoms with Gasteiger partial charge in [-0.25, -0.2) is 0 Å². The van der Waals surface area contributed by atoms with Gasteiger partial charge in [-0.2, -0.15) is 13.2 Å². The molecule has 0 atom stereocenters. The molecule has 1 fully saturated rings. The standard InChI is InChI=1S/C27H27F3N2O3/c1-18-23(20-6-3-2-4-7-20)17-24(25(33)31-13-10-19-11-14-35-15-12-19)26(34)32(18)22-9-5-8-21(16-22)27(28,29)30/h2-9,16-17,19H,10-15H2,1H3,(H,31,33). The van der Waals surface area contributed by atoms with Gasteiger partial charge in [-0.15, -0.1) is 0 Å². The Bertz CT molecular complexity index is 1250. The summed E-state index contributed by atoms with van der Waals surface area (Å²) in [7, 11) is 0. The molecule has 0 aliphatic carbocycles. The predicted molar refractivity (Wildman–Crippen MR) is 128 cm³/mol. The van der Waals surface area contributed by atoms with Crippen LogP contribution in [-0.4, -0.2) is 30.2 Å². The topological polar surface area (TPSA) is 60.3 Å². The smallest absolute Gasteiger partial charge is 0.381 e. The molecule has 5 nitrogen and oxygen atoms in total. The lowest BCUT2D eigenvalue weighted by atomic mass is 9.96. The number of alkyl halides is 3. The first kappa shape index (κ1) is 24.7. The minimum atomic E-state index is -4.56. The number of rotatable bonds is 6. The molecule has 0 spiro atoms. The van der Waals surface area contributed by atoms with E-state index in [0.29, 0.717) is 36.9 Å². The first-order valence-corrected chi connectivity index (χ1v) is 11.6. The Hall–Kier alpha value is -3.39. The lowest BCUT2D eigenvalue weighted by molar-refractivity contribution is -0.137. The first-order valence-electron chi connectivity index (χ1n) is 11.6. The Morgan fingerprint density at radius 2 is 1.77 bits per heavy atom. The largest absolute Gasteiger partial charge is 0.416 e. The van der Waals surface area contributed by atoms with Crippen molar-refractivity contribution in [3.05, 3.63) is 87.8 Å². The van der Waals surface area contributed by atoms with Crippen LogP contribution >= 0.6 is 0 Å². The van der Waals surface area contributed by atoms with Crippen molar-refractivity contribution < 1.29 is 22.7 Å². The molecule has 2 heterocycles. The van der Waals surface area contributed by atoms with Gasteiger partial charge >= 0.3 is 6.18 Å². The maximum atomic E-state index is 13.4. The molecule has 3 aromatic rings. The third kappa shape index (κ3) is 5.65. The van der Waals surface area contributed by atoms with E-state index in [-0.39, 0.29) is 11.3 Å². The van der Waals surface area contributed by atoms with Gasteiger partial charge in [0, 0.05) is 36.7 Å². The van der Waals surface area contributed by atoms with Crippen molar-refractivity contribution in [2.24, 2.45) is 5.92 Å². The number of hydrogen-bond acceptors (Lipinski definition) is 3. The molecule has 1 N–H and O–H groups in total. The minimum Gasteiger partial charge on any atom is -0.381 e. The summed E-state index contributed by atoms with van der Waals surface area (Å²) in [4.78, 5) is 26.5. The van der Waals surface area contributed by atoms with Crippen LogP contribution in [0.25, 0.3) is 16.8 Å². The van der Waals surface area contributed by atoms with Crippen molar-refractivity contribution in [2.45, 2.75) is 32.4 Å². The molecule has 184 valence electrons. The highest BCUT2D eigenvalue weighted by Gasteiger charge is 2.31. The molecule has 0 radical (unpaired) electrons. The van der Waals surface area contributed by atoms with Gasteiger partial charge in [0.2, 0.25) is 0 Å². The van der Waals surface area contributed by atoms with Crippen molar-refractivity contribution in [1.82, 2.24) is 9.88 Å². The number of aromatic nitrogens is 1. The fraction of sp³-hybridized carbons (Fsp3) is 0.333. The van der Waals surface area contributed by atoms with Crippen molar-refractivity contribution in [3.8, 4) is 16.8 Å². The number of nitrogens with one attached hydrogen (secondary N) is 1. The molecule has 1 saturated heterocycles. The minimum absolute atomic E-state index is 0.0522. The van der Waals surface area contributed by atoms with E-state index in [1.807, 2.05) is 30.3 Å². The highest BCUT2D eigenvalue weighted by molar-refractivity contribution is 5.95. The average Bonchev–Trinajstić information content (AvgIpc) is 2.85. The highest BCUT2D eigenvalue weighted by atomic mass is 19.4. The van der Waals surface area contributed by atoms with Gasteiger partial charge in [-0.1, -0.05) is 36.4 Å². The average molecular weight is 485 g/mol. The number of hydrogen-bond donors (Lipinski definition) is 1. The Morgan fingerprint density at radius 1 is 1.06 bits per heavy atom. The number of amides is 1. The number of halogens is 3. The van der Waals surface area contributed by atoms with E-state index < -0.39 is 23.2 Å². The monoisotopic (exact) mass is 484 g/mol. The van der Waals surface area contributed by atoms with Crippen LogP contribution in [0, 0.1) is 12.8 Å². The SMILES string of the molecule is Cc1c(-c2ccccc2)cc(C(=O)NCCC2CCOCC2)c(=O)n1-c1cccc(C(F)(F)F)c1. The Kier molecular flexibility index (Phi) is 7.40. The molecule has 0 bridgehead atoms. The van der Waals surface area contributed by atoms with Crippen molar-refractivity contribution in [1.29, 1.82) is 0 Å². The second kappa shape index (κ2) is 10.5. The van der Waals surface area contributed by atoms with Crippen LogP contribution in [-0.2, 0) is 10.9 Å². The zero-order chi connectivity index (χ0) is 25.0. The number of nitrogens with zero attached hydrogens (tertiary/aromatic N) is 1. The highest BCUT2D eigenvalue weighted by Crippen LogP contribution is 2.31. The number of ether oxygens (including phenoxy) is 1. The van der Waals surface area contributed by atoms with Crippen LogP contribution < -0.4 is 10.9 Å². The Balaban J connectivity index is 1.74. The predicted octanol–water partition coefficient (Wildman–Crippen LogP) is 5.38. The maximum absolute atomic E-state index is 13.4. The lowest BCUT2D eigenvalue weighted by Crippen LogP contribution is -2.35. The van der Waals surface area contributed by atoms with Crippen molar-refractivity contribution in [2.75, 3.05) is 19.8 Å². The zero-order valence-electron chi connectivity index (χ0n) is 19.4. The van der Waals surface area contributed by atoms with Gasteiger partial charge in [0.15, 0.2) is 0 Å². The third-order valence-electron chi connectivity index (χ3n) is 6.39. The van der Waals surface area contributed by atoms with E-state index in [2.05, 4.69) is 5.32 Å². The summed E-state index contributed by atoms with van der Waals surface area (Å²) >= 11 is 0. The summed E-state index contributed by atoms with van der Waals surface area (Å²) in [5.41, 5.74) is 0.201. The number of pyridine rings is 1. The Labute approximate surface area is 201 Å². The fourth-order valence-corrected chi connectivity index (χ4v) is 4.43. The molecule has 0 saturated carbocycles. The molecule has 1 aromatic heterocycles. The number of carbonyl (C=O) groups excluding carboxylic acids is 1. The number of carbonyl (C=O) groups is 1. The molecular formula is C27H27F3N2O3. The summed E-state index contributed by atoms with van der Waals surface area (Å²) in [6, 6.07) is 15.2. The van der Waals surface area contributed by atoms with Crippen LogP contribution in [0.5, 0.6) is 0 Å². The molecule has 35 heavy (non-hydrogen) atoms. The Morgan fingerprint density at radius 3 is 2.46 bits per heavy atom. The van der Waals surface area contributed by atoms with Crippen molar-refractivity contribution in [3.63, 3.8) is 0 Å². The van der Waals surface area contributed by atoms with Crippen LogP contribution in [0.4, 0.5) is 13.2 Å². The van der Waals surface area contributed by atoms with Gasteiger partial charge in [0.1, 0.15) is 5.56 Å². The van der Waals surface area contributed by atoms with Gasteiger partial charge in [-0.05, 0) is 61.9 Å². The third-order valence-corrected chi connectivity index (χ3v) is 6.39. The summed E-state index contributed by atoms with van der Waals surface area (Å²) < 4.78 is 46.7. The van der Waals surface area contributed by atoms with Crippen LogP contribution in [0.2, 0.25) is 0 Å². The molecule has 8 heteroatoms. The second-order valence-electron chi connectivity index (χ2n) is 8.71. The normalized spacial score (nSPS) is 14.6. The van der Waals surface area contributed by atoms with E-state index in [9.17, 15) is 22.8 Å². The lowest BCUT2D eigenvalue weighted by Gasteiger charge is -2.22. The van der Waals surface area contributed by atoms with E-state index in [0.717, 1.165) is 37.0 Å². The van der Waals surface area contributed by atoms with Gasteiger partial charge in [-0.3, -0.25) is 14.2 Å². The molecule has 2 aromatic carbocycles. The molecule has 4 rings (SSSR count). The fourth-order valence-electron chi connectivity index (χ4n) is 4.43. The van der Waals surface area contributed by atoms with Crippen LogP contribution in [0.3, 0.4) is 0 Å². The maximum Gasteiger partial charge on any atom is 0.416 e. The van der Waals surface area contributed by atoms with E-state index in [4.69, 9.17) is 4.74 Å². The first-order chi connectivity index (χ1) is 16.8. The zero-order valence-corrected chi connectivity index (χ0v) is 19.4. The molecule has 0 unspecified atom stereocenters. The van der Waals surface area contributed by atoms with Crippen LogP contribution in [0.15, 0.2) is 65.5 Å². The summed E-state index contributed by atoms with van der Waals surface area (Å²) in [6.07, 6.45) is -1.93. The molecule has 1 aliphatic heterocycles. The van der Waals surface area contributed by atoms with Crippen LogP contribution in [0.1, 0.15) is 40.9 Å². The van der Waals surface area contributed by atoms with Gasteiger partial charge < -0.3 is 10.1 Å². The second-order valence-corrected chi connectivity index (χ2v) is 8.71. The number of benzene rings is 2. The van der Waals surface area contributed by atoms with Gasteiger partial charge in [0.05, 0.1) is 5.56 Å². The molecule has 1 amide bonds. The van der Waals surface area contributed by atoms with Crippen molar-refractivity contribution >= 4 is 5.91 Å².